The first kappa shape index (κ1) is 29.7. The number of likely N-dealkylation sites (N-methyl/N-ethyl adjacent to an activating group) is 1. The number of nitrogens with one attached hydrogen (secondary N) is 1. The summed E-state index contributed by atoms with van der Waals surface area (Å²) in [5, 5.41) is 3.80. The van der Waals surface area contributed by atoms with E-state index in [1.165, 1.54) is 25.2 Å². The zero-order chi connectivity index (χ0) is 29.8. The highest BCUT2D eigenvalue weighted by molar-refractivity contribution is 6.30. The Bertz CT molecular complexity index is 1450. The Kier molecular flexibility index (Phi) is 9.18. The molecule has 0 unspecified atom stereocenters. The van der Waals surface area contributed by atoms with Crippen molar-refractivity contribution in [2.45, 2.75) is 18.4 Å². The highest BCUT2D eigenvalue weighted by Crippen LogP contribution is 2.46. The number of benzene rings is 3. The van der Waals surface area contributed by atoms with Crippen molar-refractivity contribution in [3.8, 4) is 11.5 Å². The van der Waals surface area contributed by atoms with Crippen LogP contribution in [0.25, 0.3) is 0 Å². The lowest BCUT2D eigenvalue weighted by molar-refractivity contribution is -0.124. The number of nitrogens with zero attached hydrogens (tertiary/aromatic N) is 3. The van der Waals surface area contributed by atoms with Gasteiger partial charge in [0.1, 0.15) is 5.82 Å². The number of rotatable bonds is 9. The van der Waals surface area contributed by atoms with Gasteiger partial charge in [-0.3, -0.25) is 14.5 Å². The van der Waals surface area contributed by atoms with E-state index < -0.39 is 17.8 Å². The third-order valence-electron chi connectivity index (χ3n) is 8.18. The number of hydrogen-bond acceptors (Lipinski definition) is 6. The van der Waals surface area contributed by atoms with E-state index in [1.807, 2.05) is 18.2 Å². The highest BCUT2D eigenvalue weighted by Gasteiger charge is 2.44. The van der Waals surface area contributed by atoms with E-state index in [9.17, 15) is 9.59 Å². The number of methoxy groups -OCH3 is 2. The van der Waals surface area contributed by atoms with Gasteiger partial charge in [0.2, 0.25) is 5.91 Å². The number of carbonyl (C=O) groups excluding carboxylic acids is 2. The molecule has 8 nitrogen and oxygen atoms in total. The maximum absolute atomic E-state index is 15.1. The SMILES string of the molecule is COc1cc2c(cc1OC)[C@H](C(=O)NCCCN1CCN(c3cccc(Cl)c3)CC1)[C@@H](c1ccccc1F)N(C)C2=O. The van der Waals surface area contributed by atoms with E-state index in [0.717, 1.165) is 49.9 Å². The predicted octanol–water partition coefficient (Wildman–Crippen LogP) is 4.74. The van der Waals surface area contributed by atoms with Gasteiger partial charge in [-0.2, -0.15) is 0 Å². The standard InChI is InChI=1S/C32H36ClFN4O4/c1-36-30(23-10-4-5-11-26(23)34)29(24-19-27(41-2)28(42-3)20-25(24)32(36)40)31(39)35-12-7-13-37-14-16-38(17-15-37)22-9-6-8-21(33)18-22/h4-6,8-11,18-20,29-30H,7,12-17H2,1-3H3,(H,35,39)/t29-,30+/m0/s1. The molecule has 0 aliphatic carbocycles. The number of anilines is 1. The van der Waals surface area contributed by atoms with Crippen LogP contribution in [0, 0.1) is 5.82 Å². The van der Waals surface area contributed by atoms with Crippen LogP contribution in [0.1, 0.15) is 39.9 Å². The van der Waals surface area contributed by atoms with Gasteiger partial charge in [0.05, 0.1) is 26.2 Å². The minimum absolute atomic E-state index is 0.276. The van der Waals surface area contributed by atoms with Crippen molar-refractivity contribution in [3.63, 3.8) is 0 Å². The van der Waals surface area contributed by atoms with Gasteiger partial charge in [-0.05, 0) is 54.9 Å². The molecule has 2 amide bonds. The Balaban J connectivity index is 1.29. The van der Waals surface area contributed by atoms with Gasteiger partial charge in [-0.25, -0.2) is 4.39 Å². The van der Waals surface area contributed by atoms with Crippen LogP contribution >= 0.6 is 11.6 Å². The fourth-order valence-electron chi connectivity index (χ4n) is 5.96. The van der Waals surface area contributed by atoms with Crippen LogP contribution in [-0.4, -0.2) is 82.1 Å². The van der Waals surface area contributed by atoms with Crippen LogP contribution in [0.5, 0.6) is 11.5 Å². The van der Waals surface area contributed by atoms with E-state index in [0.29, 0.717) is 29.2 Å². The molecular weight excluding hydrogens is 559 g/mol. The molecule has 0 spiro atoms. The number of hydrogen-bond donors (Lipinski definition) is 1. The maximum atomic E-state index is 15.1. The molecular formula is C32H36ClFN4O4. The lowest BCUT2D eigenvalue weighted by Crippen LogP contribution is -2.47. The zero-order valence-corrected chi connectivity index (χ0v) is 24.9. The second kappa shape index (κ2) is 13.0. The van der Waals surface area contributed by atoms with Gasteiger partial charge >= 0.3 is 0 Å². The molecule has 1 N–H and O–H groups in total. The van der Waals surface area contributed by atoms with Gasteiger partial charge in [0, 0.05) is 61.6 Å². The Morgan fingerprint density at radius 2 is 1.69 bits per heavy atom. The molecule has 42 heavy (non-hydrogen) atoms. The molecule has 2 aliphatic rings. The van der Waals surface area contributed by atoms with Crippen molar-refractivity contribution < 1.29 is 23.5 Å². The van der Waals surface area contributed by atoms with Gasteiger partial charge in [-0.1, -0.05) is 35.9 Å². The average Bonchev–Trinajstić information content (AvgIpc) is 3.01. The number of piperazine rings is 1. The summed E-state index contributed by atoms with van der Waals surface area (Å²) in [6.45, 7) is 4.93. The number of ether oxygens (including phenoxy) is 2. The summed E-state index contributed by atoms with van der Waals surface area (Å²) in [6, 6.07) is 16.6. The summed E-state index contributed by atoms with van der Waals surface area (Å²) < 4.78 is 26.0. The van der Waals surface area contributed by atoms with E-state index in [1.54, 1.807) is 37.4 Å². The number of fused-ring (bicyclic) bond motifs is 1. The summed E-state index contributed by atoms with van der Waals surface area (Å²) in [7, 11) is 4.59. The van der Waals surface area contributed by atoms with Crippen molar-refractivity contribution in [2.75, 3.05) is 65.4 Å². The smallest absolute Gasteiger partial charge is 0.254 e. The van der Waals surface area contributed by atoms with Crippen molar-refractivity contribution in [1.29, 1.82) is 0 Å². The largest absolute Gasteiger partial charge is 0.493 e. The normalized spacial score (nSPS) is 18.9. The molecule has 0 radical (unpaired) electrons. The molecule has 0 bridgehead atoms. The van der Waals surface area contributed by atoms with Crippen LogP contribution in [0.4, 0.5) is 10.1 Å². The molecule has 0 aromatic heterocycles. The topological polar surface area (TPSA) is 74.4 Å². The highest BCUT2D eigenvalue weighted by atomic mass is 35.5. The summed E-state index contributed by atoms with van der Waals surface area (Å²) >= 11 is 6.16. The first-order chi connectivity index (χ1) is 20.3. The molecule has 3 aromatic carbocycles. The average molecular weight is 595 g/mol. The lowest BCUT2D eigenvalue weighted by Gasteiger charge is -2.40. The van der Waals surface area contributed by atoms with Crippen molar-refractivity contribution in [1.82, 2.24) is 15.1 Å². The Hall–Kier alpha value is -3.82. The third-order valence-corrected chi connectivity index (χ3v) is 8.41. The molecule has 1 saturated heterocycles. The molecule has 3 aromatic rings. The third kappa shape index (κ3) is 6.03. The maximum Gasteiger partial charge on any atom is 0.254 e. The Labute approximate surface area is 250 Å². The van der Waals surface area contributed by atoms with Gasteiger partial charge < -0.3 is 24.6 Å². The van der Waals surface area contributed by atoms with Crippen LogP contribution in [0.2, 0.25) is 5.02 Å². The summed E-state index contributed by atoms with van der Waals surface area (Å²) in [5.74, 6) is -1.13. The minimum Gasteiger partial charge on any atom is -0.493 e. The molecule has 10 heteroatoms. The Morgan fingerprint density at radius 1 is 0.976 bits per heavy atom. The summed E-state index contributed by atoms with van der Waals surface area (Å²) in [6.07, 6.45) is 0.757. The molecule has 2 heterocycles. The van der Waals surface area contributed by atoms with Crippen LogP contribution in [-0.2, 0) is 4.79 Å². The first-order valence-electron chi connectivity index (χ1n) is 14.1. The molecule has 5 rings (SSSR count). The second-order valence-electron chi connectivity index (χ2n) is 10.6. The van der Waals surface area contributed by atoms with E-state index in [2.05, 4.69) is 21.2 Å². The fourth-order valence-corrected chi connectivity index (χ4v) is 6.15. The van der Waals surface area contributed by atoms with Crippen molar-refractivity contribution in [3.05, 3.63) is 88.2 Å². The van der Waals surface area contributed by atoms with Crippen LogP contribution < -0.4 is 19.7 Å². The van der Waals surface area contributed by atoms with E-state index >= 15 is 4.39 Å². The number of amides is 2. The molecule has 222 valence electrons. The molecule has 2 atom stereocenters. The molecule has 1 fully saturated rings. The van der Waals surface area contributed by atoms with Gasteiger partial charge in [-0.15, -0.1) is 0 Å². The van der Waals surface area contributed by atoms with E-state index in [-0.39, 0.29) is 17.4 Å². The van der Waals surface area contributed by atoms with Crippen molar-refractivity contribution >= 4 is 29.1 Å². The first-order valence-corrected chi connectivity index (χ1v) is 14.5. The molecule has 2 aliphatic heterocycles. The zero-order valence-electron chi connectivity index (χ0n) is 24.1. The van der Waals surface area contributed by atoms with Gasteiger partial charge in [0.25, 0.3) is 5.91 Å². The molecule has 0 saturated carbocycles. The van der Waals surface area contributed by atoms with Crippen LogP contribution in [0.3, 0.4) is 0 Å². The van der Waals surface area contributed by atoms with Crippen LogP contribution in [0.15, 0.2) is 60.7 Å². The predicted molar refractivity (Wildman–Crippen MR) is 161 cm³/mol. The van der Waals surface area contributed by atoms with Crippen molar-refractivity contribution in [2.24, 2.45) is 0 Å². The monoisotopic (exact) mass is 594 g/mol. The quantitative estimate of drug-likeness (QED) is 0.361. The Morgan fingerprint density at radius 3 is 2.38 bits per heavy atom. The summed E-state index contributed by atoms with van der Waals surface area (Å²) in [5.41, 5.74) is 2.23. The minimum atomic E-state index is -0.847. The summed E-state index contributed by atoms with van der Waals surface area (Å²) in [4.78, 5) is 33.5. The number of halogens is 2. The number of carbonyl (C=O) groups is 2. The second-order valence-corrected chi connectivity index (χ2v) is 11.0. The lowest BCUT2D eigenvalue weighted by atomic mass is 9.79. The van der Waals surface area contributed by atoms with E-state index in [4.69, 9.17) is 21.1 Å². The fraction of sp³-hybridized carbons (Fsp3) is 0.375. The van der Waals surface area contributed by atoms with Gasteiger partial charge in [0.15, 0.2) is 11.5 Å².